The predicted molar refractivity (Wildman–Crippen MR) is 123 cm³/mol. The summed E-state index contributed by atoms with van der Waals surface area (Å²) in [4.78, 5) is 17.0. The third-order valence-electron chi connectivity index (χ3n) is 5.19. The number of halogens is 3. The molecule has 190 valence electrons. The van der Waals surface area contributed by atoms with Crippen molar-refractivity contribution in [3.8, 4) is 11.3 Å². The number of carbonyl (C=O) groups excluding carboxylic acids is 1. The summed E-state index contributed by atoms with van der Waals surface area (Å²) in [5.74, 6) is -0.586. The summed E-state index contributed by atoms with van der Waals surface area (Å²) in [6.07, 6.45) is -0.770. The summed E-state index contributed by atoms with van der Waals surface area (Å²) in [7, 11) is 0. The van der Waals surface area contributed by atoms with Crippen molar-refractivity contribution in [1.29, 1.82) is 0 Å². The molecule has 1 amide bonds. The molecule has 1 atom stereocenters. The van der Waals surface area contributed by atoms with Crippen LogP contribution in [0.2, 0.25) is 0 Å². The zero-order valence-corrected chi connectivity index (χ0v) is 19.8. The van der Waals surface area contributed by atoms with Crippen LogP contribution in [0, 0.1) is 0 Å². The van der Waals surface area contributed by atoms with Crippen molar-refractivity contribution in [3.05, 3.63) is 53.7 Å². The van der Waals surface area contributed by atoms with Crippen LogP contribution in [0.1, 0.15) is 48.8 Å². The van der Waals surface area contributed by atoms with Crippen LogP contribution < -0.4 is 11.1 Å². The molecule has 12 heteroatoms. The van der Waals surface area contributed by atoms with Gasteiger partial charge in [0.2, 0.25) is 5.91 Å². The van der Waals surface area contributed by atoms with Crippen LogP contribution in [0.4, 0.5) is 13.2 Å². The Balaban J connectivity index is 1.80. The average molecular weight is 497 g/mol. The molecule has 0 spiro atoms. The fourth-order valence-corrected chi connectivity index (χ4v) is 3.47. The monoisotopic (exact) mass is 496 g/mol. The lowest BCUT2D eigenvalue weighted by Gasteiger charge is -2.28. The summed E-state index contributed by atoms with van der Waals surface area (Å²) in [5, 5.41) is 20.3. The van der Waals surface area contributed by atoms with Gasteiger partial charge in [-0.05, 0) is 57.9 Å². The molecule has 3 aromatic rings. The van der Waals surface area contributed by atoms with E-state index in [2.05, 4.69) is 20.5 Å². The van der Waals surface area contributed by atoms with Gasteiger partial charge in [-0.1, -0.05) is 0 Å². The molecule has 35 heavy (non-hydrogen) atoms. The molecule has 0 aliphatic heterocycles. The van der Waals surface area contributed by atoms with Gasteiger partial charge in [-0.25, -0.2) is 0 Å². The van der Waals surface area contributed by atoms with E-state index in [1.165, 1.54) is 44.6 Å². The SMILES string of the molecule is [2H]C([2H])([2H])n1cc(C[C@@H](N)C(=O)NC(C)(C)Cn2nc(C(F)(F)F)cc2-c2ccc(C(C)(C)O)nc2)cn1. The number of aliphatic hydroxyl groups is 1. The van der Waals surface area contributed by atoms with E-state index in [9.17, 15) is 23.1 Å². The lowest BCUT2D eigenvalue weighted by molar-refractivity contribution is -0.141. The van der Waals surface area contributed by atoms with Crippen molar-refractivity contribution in [2.75, 3.05) is 0 Å². The van der Waals surface area contributed by atoms with Gasteiger partial charge in [-0.15, -0.1) is 0 Å². The molecule has 0 bridgehead atoms. The molecule has 3 heterocycles. The summed E-state index contributed by atoms with van der Waals surface area (Å²) in [6, 6.07) is 2.88. The van der Waals surface area contributed by atoms with Crippen LogP contribution >= 0.6 is 0 Å². The van der Waals surface area contributed by atoms with E-state index in [1.54, 1.807) is 13.8 Å². The lowest BCUT2D eigenvalue weighted by Crippen LogP contribution is -2.53. The topological polar surface area (TPSA) is 124 Å². The second-order valence-corrected chi connectivity index (χ2v) is 9.54. The van der Waals surface area contributed by atoms with Crippen molar-refractivity contribution < 1.29 is 27.2 Å². The normalized spacial score (nSPS) is 15.3. The van der Waals surface area contributed by atoms with E-state index in [1.807, 2.05) is 0 Å². The molecule has 0 fully saturated rings. The van der Waals surface area contributed by atoms with Gasteiger partial charge < -0.3 is 16.2 Å². The van der Waals surface area contributed by atoms with Crippen molar-refractivity contribution >= 4 is 5.91 Å². The summed E-state index contributed by atoms with van der Waals surface area (Å²) >= 11 is 0. The summed E-state index contributed by atoms with van der Waals surface area (Å²) < 4.78 is 64.5. The molecule has 0 aliphatic carbocycles. The second kappa shape index (κ2) is 9.42. The molecule has 4 N–H and O–H groups in total. The first-order chi connectivity index (χ1) is 17.3. The van der Waals surface area contributed by atoms with Gasteiger partial charge in [-0.2, -0.15) is 23.4 Å². The molecule has 0 aromatic carbocycles. The maximum absolute atomic E-state index is 13.5. The van der Waals surface area contributed by atoms with Gasteiger partial charge in [-0.3, -0.25) is 19.1 Å². The third-order valence-corrected chi connectivity index (χ3v) is 5.19. The summed E-state index contributed by atoms with van der Waals surface area (Å²) in [5.41, 5.74) is 3.83. The van der Waals surface area contributed by atoms with Crippen molar-refractivity contribution in [2.24, 2.45) is 12.7 Å². The maximum atomic E-state index is 13.5. The van der Waals surface area contributed by atoms with Crippen molar-refractivity contribution in [1.82, 2.24) is 29.9 Å². The number of aromatic nitrogens is 5. The van der Waals surface area contributed by atoms with E-state index < -0.39 is 41.9 Å². The Labute approximate surface area is 205 Å². The Morgan fingerprint density at radius 1 is 1.23 bits per heavy atom. The van der Waals surface area contributed by atoms with Crippen LogP contribution in [0.5, 0.6) is 0 Å². The van der Waals surface area contributed by atoms with E-state index in [0.717, 1.165) is 15.4 Å². The number of nitrogens with one attached hydrogen (secondary N) is 1. The fraction of sp³-hybridized carbons (Fsp3) is 0.478. The minimum absolute atomic E-state index is 0.00244. The van der Waals surface area contributed by atoms with Crippen LogP contribution in [-0.4, -0.2) is 47.1 Å². The van der Waals surface area contributed by atoms with Crippen LogP contribution in [-0.2, 0) is 36.5 Å². The number of hydrogen-bond acceptors (Lipinski definition) is 6. The van der Waals surface area contributed by atoms with Gasteiger partial charge in [0.25, 0.3) is 0 Å². The van der Waals surface area contributed by atoms with Crippen LogP contribution in [0.25, 0.3) is 11.3 Å². The maximum Gasteiger partial charge on any atom is 0.435 e. The Morgan fingerprint density at radius 3 is 2.49 bits per heavy atom. The molecule has 3 rings (SSSR count). The van der Waals surface area contributed by atoms with Crippen LogP contribution in [0.3, 0.4) is 0 Å². The first kappa shape index (κ1) is 22.2. The number of hydrogen-bond donors (Lipinski definition) is 3. The van der Waals surface area contributed by atoms with Crippen molar-refractivity contribution in [3.63, 3.8) is 0 Å². The molecule has 9 nitrogen and oxygen atoms in total. The van der Waals surface area contributed by atoms with E-state index in [0.29, 0.717) is 16.8 Å². The molecule has 0 saturated carbocycles. The summed E-state index contributed by atoms with van der Waals surface area (Å²) in [6.45, 7) is 3.69. The Kier molecular flexibility index (Phi) is 5.98. The molecular formula is C23H30F3N7O2. The van der Waals surface area contributed by atoms with E-state index >= 15 is 0 Å². The van der Waals surface area contributed by atoms with Crippen LogP contribution in [0.15, 0.2) is 36.8 Å². The number of nitrogens with zero attached hydrogens (tertiary/aromatic N) is 5. The van der Waals surface area contributed by atoms with Gasteiger partial charge in [0.1, 0.15) is 5.60 Å². The first-order valence-corrected chi connectivity index (χ1v) is 10.7. The smallest absolute Gasteiger partial charge is 0.384 e. The number of pyridine rings is 1. The second-order valence-electron chi connectivity index (χ2n) is 9.54. The number of aryl methyl sites for hydroxylation is 1. The molecule has 0 unspecified atom stereocenters. The Bertz CT molecular complexity index is 1280. The fourth-order valence-electron chi connectivity index (χ4n) is 3.47. The Hall–Kier alpha value is -3.25. The highest BCUT2D eigenvalue weighted by Crippen LogP contribution is 2.32. The first-order valence-electron chi connectivity index (χ1n) is 12.2. The largest absolute Gasteiger partial charge is 0.435 e. The Morgan fingerprint density at radius 2 is 1.94 bits per heavy atom. The predicted octanol–water partition coefficient (Wildman–Crippen LogP) is 2.39. The quantitative estimate of drug-likeness (QED) is 0.440. The van der Waals surface area contributed by atoms with Gasteiger partial charge >= 0.3 is 6.18 Å². The molecule has 3 aromatic heterocycles. The number of amides is 1. The minimum atomic E-state index is -4.70. The molecule has 0 radical (unpaired) electrons. The van der Waals surface area contributed by atoms with Gasteiger partial charge in [0.05, 0.1) is 35.7 Å². The average Bonchev–Trinajstić information content (AvgIpc) is 3.39. The number of alkyl halides is 3. The zero-order valence-electron chi connectivity index (χ0n) is 22.8. The lowest BCUT2D eigenvalue weighted by atomic mass is 10.0. The number of rotatable bonds is 8. The highest BCUT2D eigenvalue weighted by Gasteiger charge is 2.36. The van der Waals surface area contributed by atoms with Gasteiger partial charge in [0.15, 0.2) is 5.69 Å². The highest BCUT2D eigenvalue weighted by atomic mass is 19.4. The number of carbonyl (C=O) groups is 1. The third kappa shape index (κ3) is 6.67. The zero-order chi connectivity index (χ0) is 28.7. The number of nitrogens with two attached hydrogens (primary N) is 1. The minimum Gasteiger partial charge on any atom is -0.384 e. The molecular weight excluding hydrogens is 463 g/mol. The van der Waals surface area contributed by atoms with E-state index in [-0.39, 0.29) is 18.7 Å². The highest BCUT2D eigenvalue weighted by molar-refractivity contribution is 5.82. The van der Waals surface area contributed by atoms with E-state index in [4.69, 9.17) is 9.85 Å². The van der Waals surface area contributed by atoms with Gasteiger partial charge in [0, 0.05) is 29.0 Å². The van der Waals surface area contributed by atoms with Crippen molar-refractivity contribution in [2.45, 2.75) is 64.0 Å². The molecule has 0 aliphatic rings. The molecule has 0 saturated heterocycles. The standard InChI is InChI=1S/C23H30F3N7O2/c1-21(2,30-20(34)16(27)8-14-10-29-32(5)12-14)13-33-17(9-19(31-33)23(24,25)26)15-6-7-18(28-11-15)22(3,4)35/h6-7,9-12,16,35H,8,13,27H2,1-5H3,(H,30,34)/t16-/m1/s1/i5D3.